The minimum Gasteiger partial charge on any atom is -0.508 e. The highest BCUT2D eigenvalue weighted by atomic mass is 19.1. The Morgan fingerprint density at radius 3 is 2.65 bits per heavy atom. The first-order chi connectivity index (χ1) is 16.7. The van der Waals surface area contributed by atoms with Crippen LogP contribution in [0.1, 0.15) is 58.7 Å². The van der Waals surface area contributed by atoms with Crippen molar-refractivity contribution in [1.82, 2.24) is 10.3 Å². The van der Waals surface area contributed by atoms with Gasteiger partial charge in [-0.25, -0.2) is 9.37 Å². The quantitative estimate of drug-likeness (QED) is 0.548. The van der Waals surface area contributed by atoms with Crippen molar-refractivity contribution in [2.75, 3.05) is 13.2 Å². The zero-order valence-electron chi connectivity index (χ0n) is 20.2. The number of benzene rings is 2. The number of carbonyl (C=O) groups is 1. The van der Waals surface area contributed by atoms with E-state index in [0.29, 0.717) is 30.0 Å². The van der Waals surface area contributed by atoms with Crippen molar-refractivity contribution in [3.05, 3.63) is 94.1 Å². The second-order valence-electron chi connectivity index (χ2n) is 8.40. The Bertz CT molecular complexity index is 1290. The number of pyridine rings is 1. The number of aryl methyl sites for hydroxylation is 2. The third-order valence-electron chi connectivity index (χ3n) is 5.63. The minimum atomic E-state index is -1.96. The maximum absolute atomic E-state index is 14.1. The molecule has 1 aromatic heterocycles. The van der Waals surface area contributed by atoms with Crippen molar-refractivity contribution in [3.63, 3.8) is 0 Å². The van der Waals surface area contributed by atoms with E-state index in [9.17, 15) is 15.7 Å². The van der Waals surface area contributed by atoms with Crippen LogP contribution >= 0.6 is 0 Å². The van der Waals surface area contributed by atoms with Gasteiger partial charge in [-0.15, -0.1) is 0 Å². The topological polar surface area (TPSA) is 71.5 Å². The summed E-state index contributed by atoms with van der Waals surface area (Å²) in [5.41, 5.74) is 2.58. The molecule has 2 heterocycles. The van der Waals surface area contributed by atoms with E-state index in [-0.39, 0.29) is 22.9 Å². The molecule has 1 unspecified atom stereocenters. The van der Waals surface area contributed by atoms with E-state index in [1.54, 1.807) is 43.3 Å². The molecule has 34 heavy (non-hydrogen) atoms. The Morgan fingerprint density at radius 1 is 1.18 bits per heavy atom. The van der Waals surface area contributed by atoms with Gasteiger partial charge in [0.2, 0.25) is 0 Å². The van der Waals surface area contributed by atoms with Crippen molar-refractivity contribution < 1.29 is 20.4 Å². The molecular formula is C28H27FN2O3. The van der Waals surface area contributed by atoms with Crippen LogP contribution in [0, 0.1) is 37.4 Å². The van der Waals surface area contributed by atoms with Crippen LogP contribution in [0.25, 0.3) is 0 Å². The summed E-state index contributed by atoms with van der Waals surface area (Å²) in [7, 11) is 0. The number of nitrogens with zero attached hydrogens (tertiary/aromatic N) is 1. The molecule has 5 nitrogen and oxygen atoms in total. The minimum absolute atomic E-state index is 0.0816. The molecule has 0 saturated carbocycles. The zero-order valence-corrected chi connectivity index (χ0v) is 19.2. The predicted octanol–water partition coefficient (Wildman–Crippen LogP) is 4.84. The number of hydrogen-bond acceptors (Lipinski definition) is 4. The number of aromatic nitrogens is 1. The van der Waals surface area contributed by atoms with E-state index in [0.717, 1.165) is 30.5 Å². The maximum atomic E-state index is 14.1. The van der Waals surface area contributed by atoms with Crippen LogP contribution in [0.3, 0.4) is 0 Å². The van der Waals surface area contributed by atoms with E-state index >= 15 is 0 Å². The van der Waals surface area contributed by atoms with Crippen LogP contribution in [-0.4, -0.2) is 29.2 Å². The summed E-state index contributed by atoms with van der Waals surface area (Å²) >= 11 is 0. The van der Waals surface area contributed by atoms with E-state index in [2.05, 4.69) is 22.1 Å². The number of carbonyl (C=O) groups excluding carboxylic acids is 1. The lowest BCUT2D eigenvalue weighted by Crippen LogP contribution is -2.30. The lowest BCUT2D eigenvalue weighted by molar-refractivity contribution is 0.0807. The van der Waals surface area contributed by atoms with Crippen molar-refractivity contribution in [2.24, 2.45) is 5.92 Å². The Labute approximate surface area is 200 Å². The molecule has 2 aromatic carbocycles. The second-order valence-corrected chi connectivity index (χ2v) is 8.40. The third kappa shape index (κ3) is 5.81. The van der Waals surface area contributed by atoms with Crippen LogP contribution in [0.15, 0.2) is 54.6 Å². The predicted molar refractivity (Wildman–Crippen MR) is 128 cm³/mol. The fraction of sp³-hybridized carbons (Fsp3) is 0.286. The number of hydrogen-bond donors (Lipinski definition) is 2. The average molecular weight is 460 g/mol. The van der Waals surface area contributed by atoms with Crippen molar-refractivity contribution in [1.29, 1.82) is 0 Å². The highest BCUT2D eigenvalue weighted by molar-refractivity contribution is 5.93. The molecule has 0 bridgehead atoms. The Kier molecular flexibility index (Phi) is 6.83. The average Bonchev–Trinajstić information content (AvgIpc) is 2.85. The van der Waals surface area contributed by atoms with Gasteiger partial charge in [-0.3, -0.25) is 4.79 Å². The van der Waals surface area contributed by atoms with Gasteiger partial charge in [0.25, 0.3) is 5.91 Å². The van der Waals surface area contributed by atoms with Crippen molar-refractivity contribution >= 4 is 5.91 Å². The summed E-state index contributed by atoms with van der Waals surface area (Å²) in [6.45, 7) is 5.05. The first kappa shape index (κ1) is 22.1. The first-order valence-electron chi connectivity index (χ1n) is 11.7. The standard InChI is InChI=1S/C28H27FN2O3/c1-18-3-7-22(8-4-18)27(24-17-23(29)9-10-26(24)32)31-28(33)25-16-21(15-19(2)30-25)6-5-20-11-13-34-14-12-20/h3-4,7-10,15-17,20,27,32H,11-14H2,1-2H3,(H,31,33)/i27D. The largest absolute Gasteiger partial charge is 0.508 e. The molecule has 0 radical (unpaired) electrons. The number of phenols is 1. The zero-order chi connectivity index (χ0) is 25.0. The smallest absolute Gasteiger partial charge is 0.270 e. The number of aromatic hydroxyl groups is 1. The van der Waals surface area contributed by atoms with Gasteiger partial charge in [-0.1, -0.05) is 41.7 Å². The lowest BCUT2D eigenvalue weighted by atomic mass is 9.96. The van der Waals surface area contributed by atoms with Gasteiger partial charge in [0, 0.05) is 36.0 Å². The summed E-state index contributed by atoms with van der Waals surface area (Å²) in [5.74, 6) is 5.06. The Balaban J connectivity index is 1.69. The van der Waals surface area contributed by atoms with Crippen LogP contribution < -0.4 is 5.32 Å². The first-order valence-corrected chi connectivity index (χ1v) is 11.2. The summed E-state index contributed by atoms with van der Waals surface area (Å²) in [6.07, 6.45) is 1.75. The van der Waals surface area contributed by atoms with Gasteiger partial charge in [0.05, 0.1) is 7.39 Å². The molecule has 1 atom stereocenters. The number of phenolic OH excluding ortho intramolecular Hbond substituents is 1. The SMILES string of the molecule is [2H]C(NC(=O)c1cc(C#CC2CCOCC2)cc(C)n1)(c1ccc(C)cc1)c1cc(F)ccc1O. The molecule has 6 heteroatoms. The summed E-state index contributed by atoms with van der Waals surface area (Å²) in [4.78, 5) is 17.7. The monoisotopic (exact) mass is 459 g/mol. The Morgan fingerprint density at radius 2 is 1.91 bits per heavy atom. The van der Waals surface area contributed by atoms with Gasteiger partial charge in [0.15, 0.2) is 0 Å². The lowest BCUT2D eigenvalue weighted by Gasteiger charge is -2.21. The molecule has 174 valence electrons. The molecule has 0 spiro atoms. The number of ether oxygens (including phenoxy) is 1. The second kappa shape index (κ2) is 10.5. The van der Waals surface area contributed by atoms with Crippen molar-refractivity contribution in [2.45, 2.75) is 32.7 Å². The number of amides is 1. The van der Waals surface area contributed by atoms with Gasteiger partial charge < -0.3 is 15.2 Å². The summed E-state index contributed by atoms with van der Waals surface area (Å²) < 4.78 is 28.7. The number of halogens is 1. The fourth-order valence-corrected chi connectivity index (χ4v) is 3.79. The van der Waals surface area contributed by atoms with E-state index < -0.39 is 17.7 Å². The van der Waals surface area contributed by atoms with Gasteiger partial charge in [-0.2, -0.15) is 0 Å². The highest BCUT2D eigenvalue weighted by Gasteiger charge is 2.22. The molecule has 4 rings (SSSR count). The molecule has 1 saturated heterocycles. The van der Waals surface area contributed by atoms with E-state index in [1.807, 2.05) is 6.92 Å². The number of nitrogens with one attached hydrogen (secondary N) is 1. The summed E-state index contributed by atoms with van der Waals surface area (Å²) in [6, 6.07) is 11.7. The molecule has 3 aromatic rings. The molecular weight excluding hydrogens is 431 g/mol. The molecule has 2 N–H and O–H groups in total. The molecule has 0 aliphatic carbocycles. The van der Waals surface area contributed by atoms with E-state index in [4.69, 9.17) is 4.74 Å². The normalized spacial score (nSPS) is 16.0. The van der Waals surface area contributed by atoms with Gasteiger partial charge in [-0.05, 0) is 62.6 Å². The third-order valence-corrected chi connectivity index (χ3v) is 5.63. The maximum Gasteiger partial charge on any atom is 0.270 e. The molecule has 1 aliphatic rings. The van der Waals surface area contributed by atoms with Crippen LogP contribution in [0.4, 0.5) is 4.39 Å². The van der Waals surface area contributed by atoms with E-state index in [1.165, 1.54) is 6.07 Å². The molecule has 1 fully saturated rings. The summed E-state index contributed by atoms with van der Waals surface area (Å²) in [5, 5.41) is 13.1. The van der Waals surface area contributed by atoms with Crippen LogP contribution in [-0.2, 0) is 4.74 Å². The fourth-order valence-electron chi connectivity index (χ4n) is 3.79. The van der Waals surface area contributed by atoms with Gasteiger partial charge >= 0.3 is 0 Å². The molecule has 1 aliphatic heterocycles. The molecule has 1 amide bonds. The Hall–Kier alpha value is -3.69. The van der Waals surface area contributed by atoms with Crippen molar-refractivity contribution in [3.8, 4) is 17.6 Å². The van der Waals surface area contributed by atoms with Crippen LogP contribution in [0.5, 0.6) is 5.75 Å². The number of rotatable bonds is 4. The highest BCUT2D eigenvalue weighted by Crippen LogP contribution is 2.30. The van der Waals surface area contributed by atoms with Gasteiger partial charge in [0.1, 0.15) is 17.3 Å². The van der Waals surface area contributed by atoms with Crippen LogP contribution in [0.2, 0.25) is 0 Å².